The highest BCUT2D eigenvalue weighted by molar-refractivity contribution is 5.79. The molecule has 4 aromatic rings. The fraction of sp³-hybridized carbons (Fsp3) is 0.273. The number of nitrogens with zero attached hydrogens (tertiary/aromatic N) is 4. The predicted octanol–water partition coefficient (Wildman–Crippen LogP) is 3.59. The molecule has 5 rings (SSSR count). The van der Waals surface area contributed by atoms with Gasteiger partial charge < -0.3 is 10.6 Å². The normalized spacial score (nSPS) is 13.9. The first-order chi connectivity index (χ1) is 14.7. The number of rotatable bonds is 6. The summed E-state index contributed by atoms with van der Waals surface area (Å²) in [6.45, 7) is 2.47. The summed E-state index contributed by atoms with van der Waals surface area (Å²) in [5.74, 6) is 1.68. The fourth-order valence-corrected chi connectivity index (χ4v) is 3.60. The van der Waals surface area contributed by atoms with Crippen LogP contribution in [0.4, 0.5) is 11.8 Å². The number of benzene rings is 1. The summed E-state index contributed by atoms with van der Waals surface area (Å²) in [5, 5.41) is 13.5. The van der Waals surface area contributed by atoms with Crippen LogP contribution in [-0.2, 0) is 11.3 Å². The molecular weight excluding hydrogens is 378 g/mol. The zero-order valence-corrected chi connectivity index (χ0v) is 16.7. The zero-order chi connectivity index (χ0) is 20.5. The Morgan fingerprint density at radius 1 is 1.27 bits per heavy atom. The highest BCUT2D eigenvalue weighted by Crippen LogP contribution is 2.27. The maximum Gasteiger partial charge on any atom is 0.223 e. The molecule has 0 unspecified atom stereocenters. The number of hydrogen-bond acceptors (Lipinski definition) is 5. The lowest BCUT2D eigenvalue weighted by molar-refractivity contribution is -0.127. The van der Waals surface area contributed by atoms with Crippen molar-refractivity contribution in [3.63, 3.8) is 0 Å². The Morgan fingerprint density at radius 2 is 2.17 bits per heavy atom. The molecule has 1 aromatic carbocycles. The molecule has 1 aliphatic carbocycles. The first-order valence-electron chi connectivity index (χ1n) is 10.2. The second kappa shape index (κ2) is 7.62. The van der Waals surface area contributed by atoms with Gasteiger partial charge in [-0.1, -0.05) is 24.6 Å². The Morgan fingerprint density at radius 3 is 2.93 bits per heavy atom. The highest BCUT2D eigenvalue weighted by Gasteiger charge is 2.24. The zero-order valence-electron chi connectivity index (χ0n) is 16.7. The second-order valence-corrected chi connectivity index (χ2v) is 7.73. The molecule has 30 heavy (non-hydrogen) atoms. The number of carbonyl (C=O) groups excluding carboxylic acids is 1. The molecule has 1 fully saturated rings. The van der Waals surface area contributed by atoms with E-state index < -0.39 is 0 Å². The van der Waals surface area contributed by atoms with Crippen LogP contribution in [-0.4, -0.2) is 30.5 Å². The largest absolute Gasteiger partial charge is 0.352 e. The van der Waals surface area contributed by atoms with E-state index in [0.29, 0.717) is 18.3 Å². The van der Waals surface area contributed by atoms with Crippen LogP contribution in [0, 0.1) is 12.8 Å². The quantitative estimate of drug-likeness (QED) is 0.458. The summed E-state index contributed by atoms with van der Waals surface area (Å²) in [6.07, 6.45) is 6.77. The van der Waals surface area contributed by atoms with Gasteiger partial charge in [-0.2, -0.15) is 5.10 Å². The monoisotopic (exact) mass is 401 g/mol. The van der Waals surface area contributed by atoms with Crippen molar-refractivity contribution in [1.82, 2.24) is 29.9 Å². The van der Waals surface area contributed by atoms with Crippen LogP contribution in [0.25, 0.3) is 16.9 Å². The first kappa shape index (κ1) is 18.4. The third-order valence-corrected chi connectivity index (χ3v) is 5.50. The number of aryl methyl sites for hydroxylation is 1. The van der Waals surface area contributed by atoms with Crippen molar-refractivity contribution in [2.45, 2.75) is 32.7 Å². The lowest BCUT2D eigenvalue weighted by Gasteiger charge is -2.24. The van der Waals surface area contributed by atoms with E-state index in [0.717, 1.165) is 47.4 Å². The van der Waals surface area contributed by atoms with E-state index >= 15 is 0 Å². The van der Waals surface area contributed by atoms with Crippen molar-refractivity contribution in [2.75, 3.05) is 5.32 Å². The number of hydrogen-bond donors (Lipinski definition) is 3. The van der Waals surface area contributed by atoms with Gasteiger partial charge in [0.25, 0.3) is 0 Å². The minimum absolute atomic E-state index is 0.157. The summed E-state index contributed by atoms with van der Waals surface area (Å²) >= 11 is 0. The lowest BCUT2D eigenvalue weighted by atomic mass is 9.85. The van der Waals surface area contributed by atoms with Gasteiger partial charge in [0.1, 0.15) is 5.65 Å². The molecule has 1 aliphatic rings. The number of aromatic amines is 1. The van der Waals surface area contributed by atoms with E-state index in [9.17, 15) is 4.79 Å². The van der Waals surface area contributed by atoms with Gasteiger partial charge in [-0.3, -0.25) is 14.3 Å². The number of aromatic nitrogens is 5. The van der Waals surface area contributed by atoms with Crippen LogP contribution in [0.5, 0.6) is 0 Å². The maximum atomic E-state index is 12.1. The molecule has 1 saturated carbocycles. The van der Waals surface area contributed by atoms with Crippen LogP contribution < -0.4 is 10.6 Å². The van der Waals surface area contributed by atoms with Gasteiger partial charge in [0.15, 0.2) is 5.82 Å². The Kier molecular flexibility index (Phi) is 4.66. The number of fused-ring (bicyclic) bond motifs is 1. The first-order valence-corrected chi connectivity index (χ1v) is 10.2. The molecule has 0 spiro atoms. The molecule has 0 aliphatic heterocycles. The van der Waals surface area contributed by atoms with Crippen molar-refractivity contribution < 1.29 is 4.79 Å². The molecular formula is C22H23N7O. The fourth-order valence-electron chi connectivity index (χ4n) is 3.60. The molecule has 152 valence electrons. The molecule has 0 radical (unpaired) electrons. The number of nitrogens with one attached hydrogen (secondary N) is 3. The van der Waals surface area contributed by atoms with Gasteiger partial charge in [-0.15, -0.1) is 0 Å². The molecule has 3 aromatic heterocycles. The van der Waals surface area contributed by atoms with Gasteiger partial charge in [-0.25, -0.2) is 9.97 Å². The minimum atomic E-state index is 0.157. The molecule has 8 heteroatoms. The minimum Gasteiger partial charge on any atom is -0.352 e. The molecule has 0 saturated heterocycles. The van der Waals surface area contributed by atoms with Crippen molar-refractivity contribution in [1.29, 1.82) is 0 Å². The highest BCUT2D eigenvalue weighted by atomic mass is 16.1. The van der Waals surface area contributed by atoms with Crippen LogP contribution >= 0.6 is 0 Å². The van der Waals surface area contributed by atoms with Crippen molar-refractivity contribution in [3.8, 4) is 11.3 Å². The lowest BCUT2D eigenvalue weighted by Crippen LogP contribution is -2.33. The second-order valence-electron chi connectivity index (χ2n) is 7.73. The van der Waals surface area contributed by atoms with Crippen molar-refractivity contribution in [3.05, 3.63) is 60.0 Å². The van der Waals surface area contributed by atoms with E-state index in [1.807, 2.05) is 47.9 Å². The van der Waals surface area contributed by atoms with E-state index in [1.54, 1.807) is 6.20 Å². The van der Waals surface area contributed by atoms with E-state index in [4.69, 9.17) is 4.98 Å². The van der Waals surface area contributed by atoms with Gasteiger partial charge >= 0.3 is 0 Å². The Hall–Kier alpha value is -3.68. The number of H-pyrrole nitrogens is 1. The van der Waals surface area contributed by atoms with E-state index in [2.05, 4.69) is 31.9 Å². The molecule has 1 amide bonds. The SMILES string of the molecule is Cc1cc(Nc2nc(-c3cccc(CNC(=O)C4CCC4)c3)cc3nccn23)n[nH]1. The Labute approximate surface area is 173 Å². The number of imidazole rings is 1. The molecule has 3 N–H and O–H groups in total. The van der Waals surface area contributed by atoms with Gasteiger partial charge in [0.05, 0.1) is 5.69 Å². The smallest absolute Gasteiger partial charge is 0.223 e. The maximum absolute atomic E-state index is 12.1. The summed E-state index contributed by atoms with van der Waals surface area (Å²) < 4.78 is 1.89. The standard InChI is InChI=1S/C22H23N7O/c1-14-10-19(28-27-14)26-22-25-18(12-20-23-8-9-29(20)22)17-7-2-4-15(11-17)13-24-21(30)16-5-3-6-16/h2,4,7-12,16H,3,5-6,13H2,1H3,(H,24,30)(H2,25,26,27,28). The predicted molar refractivity (Wildman–Crippen MR) is 114 cm³/mol. The van der Waals surface area contributed by atoms with Crippen molar-refractivity contribution in [2.24, 2.45) is 5.92 Å². The van der Waals surface area contributed by atoms with Gasteiger partial charge in [-0.05, 0) is 31.4 Å². The number of carbonyl (C=O) groups is 1. The van der Waals surface area contributed by atoms with Gasteiger partial charge in [0.2, 0.25) is 11.9 Å². The number of anilines is 2. The van der Waals surface area contributed by atoms with E-state index in [-0.39, 0.29) is 11.8 Å². The number of amides is 1. The summed E-state index contributed by atoms with van der Waals surface area (Å²) in [6, 6.07) is 12.0. The molecule has 8 nitrogen and oxygen atoms in total. The third-order valence-electron chi connectivity index (χ3n) is 5.50. The molecule has 3 heterocycles. The van der Waals surface area contributed by atoms with Crippen LogP contribution in [0.1, 0.15) is 30.5 Å². The van der Waals surface area contributed by atoms with Crippen LogP contribution in [0.15, 0.2) is 48.8 Å². The summed E-state index contributed by atoms with van der Waals surface area (Å²) in [4.78, 5) is 21.4. The van der Waals surface area contributed by atoms with Crippen LogP contribution in [0.2, 0.25) is 0 Å². The van der Waals surface area contributed by atoms with E-state index in [1.165, 1.54) is 0 Å². The summed E-state index contributed by atoms with van der Waals surface area (Å²) in [7, 11) is 0. The summed E-state index contributed by atoms with van der Waals surface area (Å²) in [5.41, 5.74) is 4.57. The van der Waals surface area contributed by atoms with Crippen LogP contribution in [0.3, 0.4) is 0 Å². The van der Waals surface area contributed by atoms with Gasteiger partial charge in [0, 0.05) is 48.2 Å². The molecule has 0 atom stereocenters. The Balaban J connectivity index is 1.42. The topological polar surface area (TPSA) is 100 Å². The average molecular weight is 401 g/mol. The average Bonchev–Trinajstić information content (AvgIpc) is 3.34. The molecule has 0 bridgehead atoms. The third kappa shape index (κ3) is 3.63. The Bertz CT molecular complexity index is 1210. The van der Waals surface area contributed by atoms with Crippen molar-refractivity contribution >= 4 is 23.3 Å².